The Bertz CT molecular complexity index is 806. The summed E-state index contributed by atoms with van der Waals surface area (Å²) in [5.41, 5.74) is 3.04. The molecule has 0 radical (unpaired) electrons. The summed E-state index contributed by atoms with van der Waals surface area (Å²) in [6.07, 6.45) is 1.30. The Kier molecular flexibility index (Phi) is 4.71. The summed E-state index contributed by atoms with van der Waals surface area (Å²) in [4.78, 5) is 25.2. The minimum Gasteiger partial charge on any atom is -0.460 e. The summed E-state index contributed by atoms with van der Waals surface area (Å²) in [5, 5.41) is 6.47. The molecule has 0 aromatic heterocycles. The predicted molar refractivity (Wildman–Crippen MR) is 98.9 cm³/mol. The second kappa shape index (κ2) is 7.30. The van der Waals surface area contributed by atoms with Crippen LogP contribution in [0.3, 0.4) is 0 Å². The molecule has 2 heterocycles. The molecule has 0 spiro atoms. The second-order valence-corrected chi connectivity index (χ2v) is 6.87. The van der Waals surface area contributed by atoms with Crippen LogP contribution in [-0.2, 0) is 20.9 Å². The molecule has 2 aromatic rings. The number of carbonyl (C=O) groups is 2. The van der Waals surface area contributed by atoms with Crippen LogP contribution in [0.4, 0.5) is 5.69 Å². The molecule has 0 saturated carbocycles. The van der Waals surface area contributed by atoms with Gasteiger partial charge in [-0.3, -0.25) is 14.9 Å². The van der Waals surface area contributed by atoms with Crippen molar-refractivity contribution in [1.29, 1.82) is 0 Å². The van der Waals surface area contributed by atoms with Crippen LogP contribution in [0.15, 0.2) is 54.6 Å². The van der Waals surface area contributed by atoms with Gasteiger partial charge in [-0.15, -0.1) is 0 Å². The van der Waals surface area contributed by atoms with Crippen LogP contribution in [0.2, 0.25) is 0 Å². The largest absolute Gasteiger partial charge is 0.460 e. The first-order valence-corrected chi connectivity index (χ1v) is 9.05. The SMILES string of the molecule is O=C(OCc1ccccc1)C1CCC(C(=O)C2CNc3ccccc32)N1. The topological polar surface area (TPSA) is 67.4 Å². The monoisotopic (exact) mass is 350 g/mol. The van der Waals surface area contributed by atoms with Gasteiger partial charge < -0.3 is 10.1 Å². The van der Waals surface area contributed by atoms with E-state index in [1.165, 1.54) is 0 Å². The summed E-state index contributed by atoms with van der Waals surface area (Å²) in [6.45, 7) is 0.885. The average molecular weight is 350 g/mol. The Hall–Kier alpha value is -2.66. The minimum absolute atomic E-state index is 0.150. The highest BCUT2D eigenvalue weighted by Crippen LogP contribution is 2.33. The summed E-state index contributed by atoms with van der Waals surface area (Å²) in [6, 6.07) is 16.8. The number of esters is 1. The lowest BCUT2D eigenvalue weighted by atomic mass is 9.92. The fourth-order valence-electron chi connectivity index (χ4n) is 3.76. The van der Waals surface area contributed by atoms with Gasteiger partial charge in [-0.25, -0.2) is 0 Å². The summed E-state index contributed by atoms with van der Waals surface area (Å²) in [7, 11) is 0. The molecule has 3 atom stereocenters. The van der Waals surface area contributed by atoms with Crippen LogP contribution in [0.25, 0.3) is 0 Å². The number of rotatable bonds is 5. The van der Waals surface area contributed by atoms with E-state index < -0.39 is 6.04 Å². The first kappa shape index (κ1) is 16.8. The fourth-order valence-corrected chi connectivity index (χ4v) is 3.76. The zero-order valence-electron chi connectivity index (χ0n) is 14.5. The molecule has 5 nitrogen and oxygen atoms in total. The predicted octanol–water partition coefficient (Wildman–Crippen LogP) is 2.63. The van der Waals surface area contributed by atoms with Crippen molar-refractivity contribution >= 4 is 17.4 Å². The van der Waals surface area contributed by atoms with Crippen molar-refractivity contribution < 1.29 is 14.3 Å². The lowest BCUT2D eigenvalue weighted by molar-refractivity contribution is -0.147. The van der Waals surface area contributed by atoms with Crippen molar-refractivity contribution in [1.82, 2.24) is 5.32 Å². The molecule has 0 amide bonds. The van der Waals surface area contributed by atoms with Crippen molar-refractivity contribution in [2.75, 3.05) is 11.9 Å². The number of carbonyl (C=O) groups excluding carboxylic acids is 2. The normalized spacial score (nSPS) is 23.9. The molecular weight excluding hydrogens is 328 g/mol. The number of para-hydroxylation sites is 1. The van der Waals surface area contributed by atoms with E-state index in [0.29, 0.717) is 19.4 Å². The molecule has 5 heteroatoms. The third kappa shape index (κ3) is 3.35. The van der Waals surface area contributed by atoms with Crippen LogP contribution < -0.4 is 10.6 Å². The van der Waals surface area contributed by atoms with Crippen LogP contribution in [0.1, 0.15) is 29.9 Å². The molecule has 0 aliphatic carbocycles. The van der Waals surface area contributed by atoms with Gasteiger partial charge in [-0.05, 0) is 30.0 Å². The Morgan fingerprint density at radius 3 is 2.54 bits per heavy atom. The van der Waals surface area contributed by atoms with Crippen molar-refractivity contribution in [2.45, 2.75) is 37.5 Å². The zero-order chi connectivity index (χ0) is 17.9. The third-order valence-electron chi connectivity index (χ3n) is 5.17. The van der Waals surface area contributed by atoms with Crippen LogP contribution in [-0.4, -0.2) is 30.4 Å². The number of fused-ring (bicyclic) bond motifs is 1. The minimum atomic E-state index is -0.405. The number of hydrogen-bond donors (Lipinski definition) is 2. The van der Waals surface area contributed by atoms with Crippen molar-refractivity contribution in [3.05, 3.63) is 65.7 Å². The summed E-state index contributed by atoms with van der Waals surface area (Å²) in [5.74, 6) is -0.280. The van der Waals surface area contributed by atoms with E-state index >= 15 is 0 Å². The number of anilines is 1. The van der Waals surface area contributed by atoms with Crippen molar-refractivity contribution in [3.8, 4) is 0 Å². The number of benzene rings is 2. The van der Waals surface area contributed by atoms with Gasteiger partial charge in [0, 0.05) is 12.2 Å². The number of Topliss-reactive ketones (excluding diaryl/α,β-unsaturated/α-hetero) is 1. The molecule has 4 rings (SSSR count). The Labute approximate surface area is 152 Å². The molecule has 0 bridgehead atoms. The maximum atomic E-state index is 12.9. The Balaban J connectivity index is 1.33. The molecule has 1 fully saturated rings. The first-order valence-electron chi connectivity index (χ1n) is 9.05. The standard InChI is InChI=1S/C21H22N2O3/c24-20(16-12-22-17-9-5-4-8-15(16)17)18-10-11-19(23-18)21(25)26-13-14-6-2-1-3-7-14/h1-9,16,18-19,22-23H,10-13H2. The van der Waals surface area contributed by atoms with Gasteiger partial charge in [-0.2, -0.15) is 0 Å². The van der Waals surface area contributed by atoms with Gasteiger partial charge in [0.05, 0.1) is 12.0 Å². The highest BCUT2D eigenvalue weighted by atomic mass is 16.5. The van der Waals surface area contributed by atoms with Gasteiger partial charge in [0.2, 0.25) is 0 Å². The molecular formula is C21H22N2O3. The van der Waals surface area contributed by atoms with E-state index in [0.717, 1.165) is 16.8 Å². The smallest absolute Gasteiger partial charge is 0.323 e. The van der Waals surface area contributed by atoms with Crippen LogP contribution in [0.5, 0.6) is 0 Å². The number of ketones is 1. The summed E-state index contributed by atoms with van der Waals surface area (Å²) >= 11 is 0. The van der Waals surface area contributed by atoms with Gasteiger partial charge in [-0.1, -0.05) is 48.5 Å². The van der Waals surface area contributed by atoms with Gasteiger partial charge in [0.25, 0.3) is 0 Å². The second-order valence-electron chi connectivity index (χ2n) is 6.87. The lowest BCUT2D eigenvalue weighted by Gasteiger charge is -2.17. The molecule has 2 N–H and O–H groups in total. The molecule has 26 heavy (non-hydrogen) atoms. The van der Waals surface area contributed by atoms with E-state index in [2.05, 4.69) is 10.6 Å². The van der Waals surface area contributed by atoms with Gasteiger partial charge in [0.15, 0.2) is 5.78 Å². The molecule has 1 saturated heterocycles. The highest BCUT2D eigenvalue weighted by Gasteiger charge is 2.39. The van der Waals surface area contributed by atoms with E-state index in [1.807, 2.05) is 54.6 Å². The quantitative estimate of drug-likeness (QED) is 0.812. The maximum absolute atomic E-state index is 12.9. The Morgan fingerprint density at radius 2 is 1.69 bits per heavy atom. The van der Waals surface area contributed by atoms with Crippen LogP contribution >= 0.6 is 0 Å². The number of hydrogen-bond acceptors (Lipinski definition) is 5. The molecule has 134 valence electrons. The number of nitrogens with one attached hydrogen (secondary N) is 2. The van der Waals surface area contributed by atoms with Crippen molar-refractivity contribution in [3.63, 3.8) is 0 Å². The first-order chi connectivity index (χ1) is 12.7. The van der Waals surface area contributed by atoms with Crippen molar-refractivity contribution in [2.24, 2.45) is 0 Å². The highest BCUT2D eigenvalue weighted by molar-refractivity contribution is 5.94. The Morgan fingerprint density at radius 1 is 0.962 bits per heavy atom. The lowest BCUT2D eigenvalue weighted by Crippen LogP contribution is -2.42. The molecule has 3 unspecified atom stereocenters. The van der Waals surface area contributed by atoms with E-state index in [9.17, 15) is 9.59 Å². The molecule has 2 aliphatic heterocycles. The number of ether oxygens (including phenoxy) is 1. The molecule has 2 aliphatic rings. The maximum Gasteiger partial charge on any atom is 0.323 e. The third-order valence-corrected chi connectivity index (χ3v) is 5.17. The fraction of sp³-hybridized carbons (Fsp3) is 0.333. The zero-order valence-corrected chi connectivity index (χ0v) is 14.5. The summed E-state index contributed by atoms with van der Waals surface area (Å²) < 4.78 is 5.40. The van der Waals surface area contributed by atoms with E-state index in [1.54, 1.807) is 0 Å². The van der Waals surface area contributed by atoms with E-state index in [4.69, 9.17) is 4.74 Å². The van der Waals surface area contributed by atoms with E-state index in [-0.39, 0.29) is 30.3 Å². The van der Waals surface area contributed by atoms with Gasteiger partial charge in [0.1, 0.15) is 12.6 Å². The van der Waals surface area contributed by atoms with Gasteiger partial charge >= 0.3 is 5.97 Å². The van der Waals surface area contributed by atoms with Crippen LogP contribution in [0, 0.1) is 0 Å². The average Bonchev–Trinajstić information content (AvgIpc) is 3.34. The molecule has 2 aromatic carbocycles.